The number of ether oxygens (including phenoxy) is 1. The molecular weight excluding hydrogens is 471 g/mol. The summed E-state index contributed by atoms with van der Waals surface area (Å²) < 4.78 is 24.6. The van der Waals surface area contributed by atoms with Crippen LogP contribution in [-0.2, 0) is 0 Å². The number of rotatable bonds is 5. The van der Waals surface area contributed by atoms with Gasteiger partial charge in [0.05, 0.1) is 24.4 Å². The van der Waals surface area contributed by atoms with Gasteiger partial charge in [0.2, 0.25) is 5.82 Å². The summed E-state index contributed by atoms with van der Waals surface area (Å²) in [7, 11) is 1.56. The van der Waals surface area contributed by atoms with Crippen LogP contribution in [0.2, 0.25) is 5.02 Å². The monoisotopic (exact) mass is 490 g/mol. The fourth-order valence-electron chi connectivity index (χ4n) is 4.03. The summed E-state index contributed by atoms with van der Waals surface area (Å²) in [5.41, 5.74) is 3.18. The lowest BCUT2D eigenvalue weighted by Gasteiger charge is -2.35. The number of carbonyl (C=O) groups excluding carboxylic acids is 1. The van der Waals surface area contributed by atoms with Crippen LogP contribution < -0.4 is 15.0 Å². The third-order valence-corrected chi connectivity index (χ3v) is 6.01. The SMILES string of the molecule is COc1cccc(N2C(=O)NC(c3ccc(F)cc3)C(c3nc(-c4ccc(Cl)cc4)no3)=C2C)c1. The van der Waals surface area contributed by atoms with E-state index in [1.54, 1.807) is 74.7 Å². The molecule has 7 nitrogen and oxygen atoms in total. The zero-order chi connectivity index (χ0) is 24.5. The average Bonchev–Trinajstić information content (AvgIpc) is 3.34. The van der Waals surface area contributed by atoms with Crippen molar-refractivity contribution in [3.63, 3.8) is 0 Å². The fraction of sp³-hybridized carbons (Fsp3) is 0.115. The molecule has 0 saturated heterocycles. The number of amides is 2. The van der Waals surface area contributed by atoms with E-state index < -0.39 is 6.04 Å². The van der Waals surface area contributed by atoms with Crippen LogP contribution in [0.4, 0.5) is 14.9 Å². The second kappa shape index (κ2) is 9.23. The number of carbonyl (C=O) groups is 1. The number of nitrogens with zero attached hydrogens (tertiary/aromatic N) is 3. The van der Waals surface area contributed by atoms with E-state index in [2.05, 4.69) is 15.5 Å². The van der Waals surface area contributed by atoms with Crippen molar-refractivity contribution in [2.45, 2.75) is 13.0 Å². The highest BCUT2D eigenvalue weighted by molar-refractivity contribution is 6.30. The predicted octanol–water partition coefficient (Wildman–Crippen LogP) is 6.24. The number of hydrogen-bond acceptors (Lipinski definition) is 5. The van der Waals surface area contributed by atoms with Gasteiger partial charge in [-0.15, -0.1) is 0 Å². The molecule has 9 heteroatoms. The number of allylic oxidation sites excluding steroid dienone is 1. The van der Waals surface area contributed by atoms with Gasteiger partial charge in [-0.25, -0.2) is 9.18 Å². The van der Waals surface area contributed by atoms with Crippen LogP contribution in [0.5, 0.6) is 5.75 Å². The Morgan fingerprint density at radius 2 is 1.83 bits per heavy atom. The molecule has 0 spiro atoms. The Kier molecular flexibility index (Phi) is 5.96. The number of anilines is 1. The highest BCUT2D eigenvalue weighted by Gasteiger charge is 2.36. The van der Waals surface area contributed by atoms with Gasteiger partial charge < -0.3 is 14.6 Å². The number of nitrogens with one attached hydrogen (secondary N) is 1. The molecule has 1 N–H and O–H groups in total. The summed E-state index contributed by atoms with van der Waals surface area (Å²) >= 11 is 6.00. The summed E-state index contributed by atoms with van der Waals surface area (Å²) in [6, 6.07) is 19.1. The van der Waals surface area contributed by atoms with Crippen molar-refractivity contribution in [2.24, 2.45) is 0 Å². The second-order valence-corrected chi connectivity index (χ2v) is 8.34. The number of halogens is 2. The minimum absolute atomic E-state index is 0.231. The summed E-state index contributed by atoms with van der Waals surface area (Å²) in [5, 5.41) is 7.73. The van der Waals surface area contributed by atoms with Gasteiger partial charge in [-0.3, -0.25) is 4.90 Å². The van der Waals surface area contributed by atoms with Gasteiger partial charge >= 0.3 is 6.03 Å². The van der Waals surface area contributed by atoms with Gasteiger partial charge in [0.1, 0.15) is 11.6 Å². The maximum absolute atomic E-state index is 13.6. The van der Waals surface area contributed by atoms with Crippen LogP contribution in [0.3, 0.4) is 0 Å². The zero-order valence-electron chi connectivity index (χ0n) is 18.8. The molecule has 2 amide bonds. The zero-order valence-corrected chi connectivity index (χ0v) is 19.6. The number of benzene rings is 3. The summed E-state index contributed by atoms with van der Waals surface area (Å²) in [5.74, 6) is 0.835. The van der Waals surface area contributed by atoms with Crippen molar-refractivity contribution in [1.82, 2.24) is 15.5 Å². The van der Waals surface area contributed by atoms with Crippen molar-refractivity contribution in [2.75, 3.05) is 12.0 Å². The molecule has 1 atom stereocenters. The standard InChI is InChI=1S/C26H20ClFN4O3/c1-15-22(25-30-24(31-35-25)17-6-10-18(27)11-7-17)23(16-8-12-19(28)13-9-16)29-26(33)32(15)20-4-3-5-21(14-20)34-2/h3-14,23H,1-2H3,(H,29,33). The Bertz CT molecular complexity index is 1420. The molecule has 5 rings (SSSR count). The van der Waals surface area contributed by atoms with E-state index in [1.165, 1.54) is 17.0 Å². The molecule has 1 aliphatic rings. The van der Waals surface area contributed by atoms with Crippen molar-refractivity contribution in [1.29, 1.82) is 0 Å². The highest BCUT2D eigenvalue weighted by atomic mass is 35.5. The lowest BCUT2D eigenvalue weighted by atomic mass is 9.94. The normalized spacial score (nSPS) is 15.8. The molecular formula is C26H20ClFN4O3. The molecule has 0 fully saturated rings. The summed E-state index contributed by atoms with van der Waals surface area (Å²) in [6.45, 7) is 1.80. The molecule has 2 heterocycles. The minimum Gasteiger partial charge on any atom is -0.497 e. The number of hydrogen-bond donors (Lipinski definition) is 1. The van der Waals surface area contributed by atoms with Crippen molar-refractivity contribution < 1.29 is 18.4 Å². The predicted molar refractivity (Wildman–Crippen MR) is 130 cm³/mol. The topological polar surface area (TPSA) is 80.5 Å². The van der Waals surface area contributed by atoms with Crippen LogP contribution >= 0.6 is 11.6 Å². The van der Waals surface area contributed by atoms with Gasteiger partial charge in [-0.1, -0.05) is 35.0 Å². The molecule has 3 aromatic carbocycles. The molecule has 0 radical (unpaired) electrons. The van der Waals surface area contributed by atoms with Crippen molar-refractivity contribution >= 4 is 28.9 Å². The largest absolute Gasteiger partial charge is 0.497 e. The van der Waals surface area contributed by atoms with Crippen molar-refractivity contribution in [3.05, 3.63) is 101 Å². The number of urea groups is 1. The molecule has 1 aliphatic heterocycles. The molecule has 4 aromatic rings. The fourth-order valence-corrected chi connectivity index (χ4v) is 4.16. The van der Waals surface area contributed by atoms with Crippen LogP contribution in [-0.4, -0.2) is 23.3 Å². The van der Waals surface area contributed by atoms with Gasteiger partial charge in [0, 0.05) is 22.3 Å². The first-order chi connectivity index (χ1) is 16.9. The lowest BCUT2D eigenvalue weighted by molar-refractivity contribution is 0.244. The summed E-state index contributed by atoms with van der Waals surface area (Å²) in [4.78, 5) is 19.4. The van der Waals surface area contributed by atoms with Crippen LogP contribution in [0, 0.1) is 5.82 Å². The molecule has 1 unspecified atom stereocenters. The smallest absolute Gasteiger partial charge is 0.327 e. The van der Waals surface area contributed by atoms with Crippen LogP contribution in [0.25, 0.3) is 17.0 Å². The molecule has 0 saturated carbocycles. The Morgan fingerprint density at radius 1 is 1.09 bits per heavy atom. The van der Waals surface area contributed by atoms with E-state index in [9.17, 15) is 9.18 Å². The number of methoxy groups -OCH3 is 1. The Morgan fingerprint density at radius 3 is 2.54 bits per heavy atom. The van der Waals surface area contributed by atoms with E-state index >= 15 is 0 Å². The molecule has 0 bridgehead atoms. The van der Waals surface area contributed by atoms with E-state index in [1.807, 2.05) is 0 Å². The van der Waals surface area contributed by atoms with E-state index in [0.29, 0.717) is 39.1 Å². The molecule has 1 aromatic heterocycles. The van der Waals surface area contributed by atoms with Crippen LogP contribution in [0.15, 0.2) is 83.0 Å². The lowest BCUT2D eigenvalue weighted by Crippen LogP contribution is -2.46. The Balaban J connectivity index is 1.65. The first-order valence-electron chi connectivity index (χ1n) is 10.8. The van der Waals surface area contributed by atoms with Gasteiger partial charge in [0.15, 0.2) is 0 Å². The maximum atomic E-state index is 13.6. The van der Waals surface area contributed by atoms with Crippen molar-refractivity contribution in [3.8, 4) is 17.1 Å². The Hall–Kier alpha value is -4.17. The van der Waals surface area contributed by atoms with Gasteiger partial charge in [-0.2, -0.15) is 4.98 Å². The Labute approximate surface area is 205 Å². The first-order valence-corrected chi connectivity index (χ1v) is 11.1. The molecule has 0 aliphatic carbocycles. The van der Waals surface area contributed by atoms with E-state index in [4.69, 9.17) is 20.9 Å². The second-order valence-electron chi connectivity index (χ2n) is 7.90. The molecule has 35 heavy (non-hydrogen) atoms. The minimum atomic E-state index is -0.636. The first kappa shape index (κ1) is 22.6. The molecule has 176 valence electrons. The third-order valence-electron chi connectivity index (χ3n) is 5.76. The van der Waals surface area contributed by atoms with Gasteiger partial charge in [-0.05, 0) is 61.0 Å². The van der Waals surface area contributed by atoms with E-state index in [-0.39, 0.29) is 17.7 Å². The quantitative estimate of drug-likeness (QED) is 0.358. The average molecular weight is 491 g/mol. The third kappa shape index (κ3) is 4.36. The van der Waals surface area contributed by atoms with E-state index in [0.717, 1.165) is 5.56 Å². The maximum Gasteiger partial charge on any atom is 0.327 e. The van der Waals surface area contributed by atoms with Gasteiger partial charge in [0.25, 0.3) is 5.89 Å². The summed E-state index contributed by atoms with van der Waals surface area (Å²) in [6.07, 6.45) is 0. The van der Waals surface area contributed by atoms with Crippen LogP contribution in [0.1, 0.15) is 24.4 Å². The highest BCUT2D eigenvalue weighted by Crippen LogP contribution is 2.39. The number of aromatic nitrogens is 2.